The van der Waals surface area contributed by atoms with Crippen LogP contribution in [-0.2, 0) is 10.6 Å². The molecule has 0 radical (unpaired) electrons. The summed E-state index contributed by atoms with van der Waals surface area (Å²) in [4.78, 5) is 11.9. The number of nitrogens with zero attached hydrogens (tertiary/aromatic N) is 4. The molecule has 0 saturated carbocycles. The van der Waals surface area contributed by atoms with Gasteiger partial charge in [0, 0.05) is 12.7 Å². The molecule has 3 aromatic rings. The van der Waals surface area contributed by atoms with Gasteiger partial charge in [0.15, 0.2) is 5.84 Å². The molecule has 3 heterocycles. The molecule has 0 spiro atoms. The molecule has 1 N–H and O–H groups in total. The molecule has 0 bridgehead atoms. The van der Waals surface area contributed by atoms with Crippen LogP contribution in [0.4, 0.5) is 4.39 Å². The third-order valence-corrected chi connectivity index (χ3v) is 6.13. The fraction of sp³-hybridized carbons (Fsp3) is 0.280. The van der Waals surface area contributed by atoms with Gasteiger partial charge in [0.1, 0.15) is 18.2 Å². The van der Waals surface area contributed by atoms with Crippen LogP contribution in [0.25, 0.3) is 11.8 Å². The van der Waals surface area contributed by atoms with Crippen molar-refractivity contribution in [1.82, 2.24) is 14.5 Å². The lowest BCUT2D eigenvalue weighted by atomic mass is 9.94. The Morgan fingerprint density at radius 3 is 2.85 bits per heavy atom. The maximum atomic E-state index is 14.6. The zero-order valence-electron chi connectivity index (χ0n) is 18.5. The highest BCUT2D eigenvalue weighted by Crippen LogP contribution is 2.41. The van der Waals surface area contributed by atoms with E-state index in [0.29, 0.717) is 12.4 Å². The smallest absolute Gasteiger partial charge is 0.263 e. The van der Waals surface area contributed by atoms with Gasteiger partial charge < -0.3 is 24.1 Å². The van der Waals surface area contributed by atoms with Crippen LogP contribution in [0.15, 0.2) is 65.7 Å². The Morgan fingerprint density at radius 1 is 1.27 bits per heavy atom. The van der Waals surface area contributed by atoms with Crippen molar-refractivity contribution in [1.29, 1.82) is 0 Å². The van der Waals surface area contributed by atoms with Crippen molar-refractivity contribution >= 4 is 11.9 Å². The number of hydrogen-bond donors (Lipinski definition) is 1. The lowest BCUT2D eigenvalue weighted by molar-refractivity contribution is -0.139. The average molecular weight is 448 g/mol. The molecule has 0 aliphatic carbocycles. The number of aliphatic hydroxyl groups is 1. The van der Waals surface area contributed by atoms with Gasteiger partial charge in [-0.25, -0.2) is 9.37 Å². The lowest BCUT2D eigenvalue weighted by Crippen LogP contribution is -2.51. The molecule has 8 heteroatoms. The molecule has 33 heavy (non-hydrogen) atoms. The fourth-order valence-corrected chi connectivity index (χ4v) is 4.51. The number of piperidine rings is 1. The number of amidine groups is 1. The van der Waals surface area contributed by atoms with Crippen LogP contribution in [0.1, 0.15) is 29.7 Å². The SMILES string of the molecule is COc1cc(/C=C2\CCCN3C2=NOC3(CO)c2ccccc2F)ccc1-n1cnc(C)c1. The van der Waals surface area contributed by atoms with Crippen LogP contribution < -0.4 is 4.74 Å². The summed E-state index contributed by atoms with van der Waals surface area (Å²) in [6, 6.07) is 12.3. The number of benzene rings is 2. The number of aryl methyl sites for hydroxylation is 1. The Balaban J connectivity index is 1.49. The first kappa shape index (κ1) is 21.2. The molecule has 5 rings (SSSR count). The van der Waals surface area contributed by atoms with Crippen LogP contribution in [0.2, 0.25) is 0 Å². The van der Waals surface area contributed by atoms with E-state index in [1.807, 2.05) is 46.9 Å². The molecule has 2 aromatic carbocycles. The number of imidazole rings is 1. The van der Waals surface area contributed by atoms with Gasteiger partial charge in [-0.3, -0.25) is 0 Å². The van der Waals surface area contributed by atoms with Crippen molar-refractivity contribution in [3.63, 3.8) is 0 Å². The molecule has 0 amide bonds. The first-order valence-corrected chi connectivity index (χ1v) is 10.9. The quantitative estimate of drug-likeness (QED) is 0.639. The van der Waals surface area contributed by atoms with Gasteiger partial charge in [-0.2, -0.15) is 0 Å². The third kappa shape index (κ3) is 3.56. The van der Waals surface area contributed by atoms with Crippen LogP contribution in [0.5, 0.6) is 5.75 Å². The van der Waals surface area contributed by atoms with Gasteiger partial charge in [-0.1, -0.05) is 23.4 Å². The van der Waals surface area contributed by atoms with Crippen LogP contribution >= 0.6 is 0 Å². The van der Waals surface area contributed by atoms with Gasteiger partial charge in [0.05, 0.1) is 30.4 Å². The van der Waals surface area contributed by atoms with E-state index in [1.54, 1.807) is 31.6 Å². The lowest BCUT2D eigenvalue weighted by Gasteiger charge is -2.38. The Bertz CT molecular complexity index is 1250. The second-order valence-corrected chi connectivity index (χ2v) is 8.21. The molecule has 1 saturated heterocycles. The van der Waals surface area contributed by atoms with Gasteiger partial charge in [-0.15, -0.1) is 0 Å². The number of aliphatic hydroxyl groups excluding tert-OH is 1. The predicted octanol–water partition coefficient (Wildman–Crippen LogP) is 4.00. The minimum Gasteiger partial charge on any atom is -0.495 e. The van der Waals surface area contributed by atoms with E-state index in [2.05, 4.69) is 10.1 Å². The summed E-state index contributed by atoms with van der Waals surface area (Å²) in [6.07, 6.45) is 7.35. The van der Waals surface area contributed by atoms with E-state index in [0.717, 1.165) is 41.1 Å². The number of halogens is 1. The highest BCUT2D eigenvalue weighted by Gasteiger charge is 2.50. The van der Waals surface area contributed by atoms with Gasteiger partial charge in [0.25, 0.3) is 5.72 Å². The number of aromatic nitrogens is 2. The van der Waals surface area contributed by atoms with Crippen molar-refractivity contribution in [2.24, 2.45) is 5.16 Å². The Labute approximate surface area is 191 Å². The molecule has 7 nitrogen and oxygen atoms in total. The number of oxime groups is 1. The summed E-state index contributed by atoms with van der Waals surface area (Å²) < 4.78 is 22.2. The Morgan fingerprint density at radius 2 is 2.12 bits per heavy atom. The summed E-state index contributed by atoms with van der Waals surface area (Å²) in [5, 5.41) is 14.6. The monoisotopic (exact) mass is 448 g/mol. The van der Waals surface area contributed by atoms with Crippen LogP contribution in [-0.4, -0.2) is 45.7 Å². The third-order valence-electron chi connectivity index (χ3n) is 6.13. The summed E-state index contributed by atoms with van der Waals surface area (Å²) in [5.41, 5.74) is 2.63. The van der Waals surface area contributed by atoms with E-state index in [-0.39, 0.29) is 5.56 Å². The normalized spacial score (nSPS) is 21.0. The van der Waals surface area contributed by atoms with E-state index < -0.39 is 18.1 Å². The second kappa shape index (κ2) is 8.37. The largest absolute Gasteiger partial charge is 0.495 e. The maximum Gasteiger partial charge on any atom is 0.263 e. The minimum atomic E-state index is -1.36. The summed E-state index contributed by atoms with van der Waals surface area (Å²) >= 11 is 0. The molecular formula is C25H25FN4O3. The molecule has 1 atom stereocenters. The van der Waals surface area contributed by atoms with E-state index in [9.17, 15) is 9.50 Å². The van der Waals surface area contributed by atoms with Crippen molar-refractivity contribution in [3.8, 4) is 11.4 Å². The van der Waals surface area contributed by atoms with E-state index in [1.165, 1.54) is 6.07 Å². The zero-order valence-corrected chi connectivity index (χ0v) is 18.5. The summed E-state index contributed by atoms with van der Waals surface area (Å²) in [7, 11) is 1.64. The number of methoxy groups -OCH3 is 1. The summed E-state index contributed by atoms with van der Waals surface area (Å²) in [5.74, 6) is 0.899. The fourth-order valence-electron chi connectivity index (χ4n) is 4.51. The molecule has 1 aromatic heterocycles. The number of rotatable bonds is 5. The number of fused-ring (bicyclic) bond motifs is 1. The van der Waals surface area contributed by atoms with E-state index in [4.69, 9.17) is 9.57 Å². The average Bonchev–Trinajstić information content (AvgIpc) is 3.44. The van der Waals surface area contributed by atoms with Crippen molar-refractivity contribution in [2.45, 2.75) is 25.5 Å². The predicted molar refractivity (Wildman–Crippen MR) is 122 cm³/mol. The molecule has 1 fully saturated rings. The van der Waals surface area contributed by atoms with Gasteiger partial charge in [-0.05, 0) is 61.2 Å². The standard InChI is InChI=1S/C25H25FN4O3/c1-17-14-29(16-27-17)22-10-9-18(13-23(22)32-2)12-19-6-5-11-30-24(19)28-33-25(30,15-31)20-7-3-4-8-21(20)26/h3-4,7-10,12-14,16,31H,5-6,11,15H2,1-2H3/b19-12+. The number of hydrogen-bond acceptors (Lipinski definition) is 6. The van der Waals surface area contributed by atoms with Crippen LogP contribution in [0, 0.1) is 12.7 Å². The molecular weight excluding hydrogens is 423 g/mol. The topological polar surface area (TPSA) is 72.1 Å². The van der Waals surface area contributed by atoms with Crippen molar-refractivity contribution < 1.29 is 19.1 Å². The van der Waals surface area contributed by atoms with Crippen molar-refractivity contribution in [2.75, 3.05) is 20.3 Å². The Kier molecular flexibility index (Phi) is 5.38. The highest BCUT2D eigenvalue weighted by molar-refractivity contribution is 6.03. The number of ether oxygens (including phenoxy) is 1. The molecule has 2 aliphatic heterocycles. The Hall–Kier alpha value is -3.65. The van der Waals surface area contributed by atoms with E-state index >= 15 is 0 Å². The van der Waals surface area contributed by atoms with Crippen LogP contribution in [0.3, 0.4) is 0 Å². The maximum absolute atomic E-state index is 14.6. The zero-order chi connectivity index (χ0) is 23.0. The van der Waals surface area contributed by atoms with Gasteiger partial charge in [0.2, 0.25) is 0 Å². The van der Waals surface area contributed by atoms with Crippen molar-refractivity contribution in [3.05, 3.63) is 83.2 Å². The molecule has 170 valence electrons. The first-order chi connectivity index (χ1) is 16.1. The first-order valence-electron chi connectivity index (χ1n) is 10.9. The second-order valence-electron chi connectivity index (χ2n) is 8.21. The highest BCUT2D eigenvalue weighted by atomic mass is 19.1. The molecule has 1 unspecified atom stereocenters. The summed E-state index contributed by atoms with van der Waals surface area (Å²) in [6.45, 7) is 2.13. The minimum absolute atomic E-state index is 0.272. The molecule has 2 aliphatic rings. The van der Waals surface area contributed by atoms with Gasteiger partial charge >= 0.3 is 0 Å².